The van der Waals surface area contributed by atoms with Crippen molar-refractivity contribution in [3.05, 3.63) is 35.4 Å². The molecule has 1 N–H and O–H groups in total. The van der Waals surface area contributed by atoms with Crippen molar-refractivity contribution in [2.75, 3.05) is 0 Å². The summed E-state index contributed by atoms with van der Waals surface area (Å²) in [5.74, 6) is -2.20. The lowest BCUT2D eigenvalue weighted by molar-refractivity contribution is 0.128. The molecule has 2 nitrogen and oxygen atoms in total. The second kappa shape index (κ2) is 4.85. The van der Waals surface area contributed by atoms with E-state index in [1.165, 1.54) is 0 Å². The van der Waals surface area contributed by atoms with Gasteiger partial charge in [0.05, 0.1) is 18.1 Å². The van der Waals surface area contributed by atoms with Crippen LogP contribution in [0, 0.1) is 28.9 Å². The van der Waals surface area contributed by atoms with Crippen molar-refractivity contribution in [1.82, 2.24) is 0 Å². The Bertz CT molecular complexity index is 387. The van der Waals surface area contributed by atoms with Gasteiger partial charge in [0.2, 0.25) is 0 Å². The first-order valence-electron chi connectivity index (χ1n) is 4.62. The fourth-order valence-electron chi connectivity index (χ4n) is 1.34. The summed E-state index contributed by atoms with van der Waals surface area (Å²) in [5, 5.41) is 18.4. The summed E-state index contributed by atoms with van der Waals surface area (Å²) in [6.07, 6.45) is -0.797. The number of aliphatic hydroxyl groups excluding tert-OH is 1. The van der Waals surface area contributed by atoms with E-state index in [-0.39, 0.29) is 5.56 Å². The van der Waals surface area contributed by atoms with E-state index >= 15 is 0 Å². The van der Waals surface area contributed by atoms with Crippen molar-refractivity contribution in [3.63, 3.8) is 0 Å². The van der Waals surface area contributed by atoms with Crippen LogP contribution in [0.1, 0.15) is 25.0 Å². The summed E-state index contributed by atoms with van der Waals surface area (Å²) in [6.45, 7) is 1.72. The van der Waals surface area contributed by atoms with E-state index < -0.39 is 23.7 Å². The minimum atomic E-state index is -1.21. The zero-order chi connectivity index (χ0) is 11.4. The topological polar surface area (TPSA) is 44.0 Å². The molecular weight excluding hydrogens is 200 g/mol. The number of benzene rings is 1. The zero-order valence-corrected chi connectivity index (χ0v) is 8.24. The Morgan fingerprint density at radius 1 is 1.47 bits per heavy atom. The number of rotatable bonds is 3. The third-order valence-corrected chi connectivity index (χ3v) is 2.27. The number of nitriles is 1. The van der Waals surface area contributed by atoms with Crippen molar-refractivity contribution in [2.45, 2.75) is 19.4 Å². The Balaban J connectivity index is 3.01. The lowest BCUT2D eigenvalue weighted by atomic mass is 9.94. The average molecular weight is 211 g/mol. The van der Waals surface area contributed by atoms with E-state index in [9.17, 15) is 13.9 Å². The van der Waals surface area contributed by atoms with Crippen LogP contribution in [0.2, 0.25) is 0 Å². The molecule has 0 aromatic heterocycles. The highest BCUT2D eigenvalue weighted by Crippen LogP contribution is 2.26. The van der Waals surface area contributed by atoms with Crippen LogP contribution in [0.25, 0.3) is 0 Å². The van der Waals surface area contributed by atoms with Crippen molar-refractivity contribution >= 4 is 0 Å². The van der Waals surface area contributed by atoms with Gasteiger partial charge in [0.1, 0.15) is 11.6 Å². The lowest BCUT2D eigenvalue weighted by Gasteiger charge is -2.15. The molecule has 0 amide bonds. The molecule has 0 saturated heterocycles. The minimum Gasteiger partial charge on any atom is -0.387 e. The fourth-order valence-corrected chi connectivity index (χ4v) is 1.34. The largest absolute Gasteiger partial charge is 0.387 e. The van der Waals surface area contributed by atoms with E-state index in [0.717, 1.165) is 12.1 Å². The first-order chi connectivity index (χ1) is 7.10. The second-order valence-corrected chi connectivity index (χ2v) is 3.25. The molecule has 0 aliphatic rings. The van der Waals surface area contributed by atoms with Gasteiger partial charge >= 0.3 is 0 Å². The van der Waals surface area contributed by atoms with E-state index in [2.05, 4.69) is 0 Å². The number of hydrogen-bond acceptors (Lipinski definition) is 2. The molecule has 2 unspecified atom stereocenters. The molecule has 0 bridgehead atoms. The maximum atomic E-state index is 13.2. The highest BCUT2D eigenvalue weighted by Gasteiger charge is 2.21. The molecule has 1 aromatic carbocycles. The Kier molecular flexibility index (Phi) is 3.75. The molecule has 0 fully saturated rings. The predicted octanol–water partition coefficient (Wildman–Crippen LogP) is 2.55. The van der Waals surface area contributed by atoms with Crippen LogP contribution in [0.3, 0.4) is 0 Å². The van der Waals surface area contributed by atoms with Gasteiger partial charge in [-0.15, -0.1) is 0 Å². The Hall–Kier alpha value is -1.47. The summed E-state index contributed by atoms with van der Waals surface area (Å²) in [5.41, 5.74) is -0.0372. The summed E-state index contributed by atoms with van der Waals surface area (Å²) in [7, 11) is 0. The number of nitrogens with zero attached hydrogens (tertiary/aromatic N) is 1. The van der Waals surface area contributed by atoms with Gasteiger partial charge in [0.15, 0.2) is 0 Å². The van der Waals surface area contributed by atoms with E-state index in [1.54, 1.807) is 6.92 Å². The maximum absolute atomic E-state index is 13.2. The normalized spacial score (nSPS) is 14.3. The molecule has 0 spiro atoms. The monoisotopic (exact) mass is 211 g/mol. The molecule has 4 heteroatoms. The predicted molar refractivity (Wildman–Crippen MR) is 50.7 cm³/mol. The summed E-state index contributed by atoms with van der Waals surface area (Å²) in [6, 6.07) is 4.80. The van der Waals surface area contributed by atoms with Crippen molar-refractivity contribution in [3.8, 4) is 6.07 Å². The van der Waals surface area contributed by atoms with Gasteiger partial charge in [-0.3, -0.25) is 0 Å². The first-order valence-corrected chi connectivity index (χ1v) is 4.62. The van der Waals surface area contributed by atoms with Crippen molar-refractivity contribution < 1.29 is 13.9 Å². The van der Waals surface area contributed by atoms with Crippen LogP contribution in [0.4, 0.5) is 8.78 Å². The quantitative estimate of drug-likeness (QED) is 0.834. The van der Waals surface area contributed by atoms with Crippen LogP contribution in [0.15, 0.2) is 18.2 Å². The van der Waals surface area contributed by atoms with E-state index in [4.69, 9.17) is 5.26 Å². The fraction of sp³-hybridized carbons (Fsp3) is 0.364. The molecule has 0 saturated carbocycles. The molecule has 0 aliphatic heterocycles. The third-order valence-electron chi connectivity index (χ3n) is 2.27. The molecule has 80 valence electrons. The maximum Gasteiger partial charge on any atom is 0.131 e. The van der Waals surface area contributed by atoms with E-state index in [0.29, 0.717) is 12.5 Å². The van der Waals surface area contributed by atoms with Crippen LogP contribution in [-0.4, -0.2) is 5.11 Å². The number of aliphatic hydroxyl groups is 1. The van der Waals surface area contributed by atoms with Gasteiger partial charge in [-0.05, 0) is 12.5 Å². The van der Waals surface area contributed by atoms with Crippen molar-refractivity contribution in [2.24, 2.45) is 5.92 Å². The molecule has 15 heavy (non-hydrogen) atoms. The Morgan fingerprint density at radius 3 is 2.60 bits per heavy atom. The smallest absolute Gasteiger partial charge is 0.131 e. The molecule has 0 aliphatic carbocycles. The van der Waals surface area contributed by atoms with E-state index in [1.807, 2.05) is 6.07 Å². The van der Waals surface area contributed by atoms with Crippen molar-refractivity contribution in [1.29, 1.82) is 5.26 Å². The molecule has 0 heterocycles. The van der Waals surface area contributed by atoms with Gasteiger partial charge < -0.3 is 5.11 Å². The first kappa shape index (κ1) is 11.6. The Labute approximate surface area is 86.8 Å². The van der Waals surface area contributed by atoms with Gasteiger partial charge in [-0.25, -0.2) is 8.78 Å². The molecule has 1 rings (SSSR count). The SMILES string of the molecule is CCC(C#N)C(O)c1ccc(F)cc1F. The average Bonchev–Trinajstić information content (AvgIpc) is 2.19. The second-order valence-electron chi connectivity index (χ2n) is 3.25. The number of hydrogen-bond donors (Lipinski definition) is 1. The summed E-state index contributed by atoms with van der Waals surface area (Å²) < 4.78 is 25.8. The summed E-state index contributed by atoms with van der Waals surface area (Å²) >= 11 is 0. The molecule has 0 radical (unpaired) electrons. The van der Waals surface area contributed by atoms with Gasteiger partial charge in [0, 0.05) is 11.6 Å². The van der Waals surface area contributed by atoms with Crippen LogP contribution >= 0.6 is 0 Å². The summed E-state index contributed by atoms with van der Waals surface area (Å²) in [4.78, 5) is 0. The Morgan fingerprint density at radius 2 is 2.13 bits per heavy atom. The van der Waals surface area contributed by atoms with Crippen LogP contribution in [-0.2, 0) is 0 Å². The van der Waals surface area contributed by atoms with Gasteiger partial charge in [-0.2, -0.15) is 5.26 Å². The van der Waals surface area contributed by atoms with Crippen LogP contribution in [0.5, 0.6) is 0 Å². The highest BCUT2D eigenvalue weighted by molar-refractivity contribution is 5.22. The standard InChI is InChI=1S/C11H11F2NO/c1-2-7(6-14)11(15)9-4-3-8(12)5-10(9)13/h3-5,7,11,15H,2H2,1H3. The zero-order valence-electron chi connectivity index (χ0n) is 8.24. The molecular formula is C11H11F2NO. The highest BCUT2D eigenvalue weighted by atomic mass is 19.1. The van der Waals surface area contributed by atoms with Gasteiger partial charge in [-0.1, -0.05) is 13.0 Å². The van der Waals surface area contributed by atoms with Gasteiger partial charge in [0.25, 0.3) is 0 Å². The minimum absolute atomic E-state index is 0.0372. The third kappa shape index (κ3) is 2.51. The molecule has 1 aromatic rings. The number of halogens is 2. The lowest BCUT2D eigenvalue weighted by Crippen LogP contribution is -2.11. The van der Waals surface area contributed by atoms with Crippen LogP contribution < -0.4 is 0 Å². The molecule has 2 atom stereocenters.